The molecule has 0 aliphatic heterocycles. The summed E-state index contributed by atoms with van der Waals surface area (Å²) >= 11 is 0. The van der Waals surface area contributed by atoms with Gasteiger partial charge in [-0.25, -0.2) is 9.67 Å². The third-order valence-electron chi connectivity index (χ3n) is 2.91. The van der Waals surface area contributed by atoms with Crippen molar-refractivity contribution in [1.82, 2.24) is 14.8 Å². The smallest absolute Gasteiger partial charge is 0.146 e. The summed E-state index contributed by atoms with van der Waals surface area (Å²) in [7, 11) is 0. The molecule has 0 spiro atoms. The Labute approximate surface area is 120 Å². The fourth-order valence-electron chi connectivity index (χ4n) is 1.90. The molecule has 108 valence electrons. The lowest BCUT2D eigenvalue weighted by Crippen LogP contribution is -2.12. The number of hydrogen-bond donors (Lipinski definition) is 1. The van der Waals surface area contributed by atoms with Gasteiger partial charge in [0.1, 0.15) is 17.9 Å². The van der Waals surface area contributed by atoms with Crippen molar-refractivity contribution in [3.8, 4) is 5.75 Å². The maximum Gasteiger partial charge on any atom is 0.146 e. The molecule has 0 fully saturated rings. The van der Waals surface area contributed by atoms with Crippen LogP contribution in [0, 0.1) is 0 Å². The lowest BCUT2D eigenvalue weighted by atomic mass is 10.3. The molecule has 1 N–H and O–H groups in total. The Morgan fingerprint density at radius 2 is 2.00 bits per heavy atom. The topological polar surface area (TPSA) is 52.0 Å². The first-order valence-corrected chi connectivity index (χ1v) is 7.05. The first-order chi connectivity index (χ1) is 9.70. The van der Waals surface area contributed by atoms with Crippen molar-refractivity contribution in [1.29, 1.82) is 0 Å². The molecule has 0 bridgehead atoms. The molecule has 2 rings (SSSR count). The van der Waals surface area contributed by atoms with Crippen molar-refractivity contribution < 1.29 is 4.74 Å². The summed E-state index contributed by atoms with van der Waals surface area (Å²) in [5.41, 5.74) is 1.05. The van der Waals surface area contributed by atoms with Crippen molar-refractivity contribution in [2.75, 3.05) is 11.9 Å². The number of nitrogens with one attached hydrogen (secondary N) is 1. The van der Waals surface area contributed by atoms with Gasteiger partial charge in [-0.2, -0.15) is 5.10 Å². The van der Waals surface area contributed by atoms with E-state index in [-0.39, 0.29) is 0 Å². The maximum atomic E-state index is 5.56. The van der Waals surface area contributed by atoms with Crippen molar-refractivity contribution in [2.24, 2.45) is 0 Å². The molecule has 0 saturated heterocycles. The molecule has 0 radical (unpaired) electrons. The van der Waals surface area contributed by atoms with Crippen LogP contribution in [0.3, 0.4) is 0 Å². The zero-order valence-electron chi connectivity index (χ0n) is 12.3. The Balaban J connectivity index is 1.92. The largest absolute Gasteiger partial charge is 0.494 e. The minimum absolute atomic E-state index is 0.319. The minimum Gasteiger partial charge on any atom is -0.494 e. The monoisotopic (exact) mass is 274 g/mol. The highest BCUT2D eigenvalue weighted by Gasteiger charge is 2.06. The van der Waals surface area contributed by atoms with Gasteiger partial charge in [0.05, 0.1) is 13.2 Å². The van der Waals surface area contributed by atoms with Crippen LogP contribution in [0.1, 0.15) is 39.1 Å². The molecule has 1 aromatic heterocycles. The van der Waals surface area contributed by atoms with Gasteiger partial charge in [-0.3, -0.25) is 0 Å². The van der Waals surface area contributed by atoms with Gasteiger partial charge in [0.25, 0.3) is 0 Å². The number of hydrogen-bond acceptors (Lipinski definition) is 4. The van der Waals surface area contributed by atoms with Crippen molar-refractivity contribution in [3.63, 3.8) is 0 Å². The van der Waals surface area contributed by atoms with E-state index in [0.717, 1.165) is 30.3 Å². The lowest BCUT2D eigenvalue weighted by molar-refractivity contribution is 0.317. The van der Waals surface area contributed by atoms with Gasteiger partial charge in [0.2, 0.25) is 0 Å². The highest BCUT2D eigenvalue weighted by molar-refractivity contribution is 5.46. The van der Waals surface area contributed by atoms with Gasteiger partial charge in [0.15, 0.2) is 0 Å². The van der Waals surface area contributed by atoms with Crippen LogP contribution in [-0.2, 0) is 6.54 Å². The van der Waals surface area contributed by atoms with Crippen molar-refractivity contribution >= 4 is 5.69 Å². The molecule has 1 heterocycles. The Morgan fingerprint density at radius 3 is 2.65 bits per heavy atom. The number of anilines is 1. The zero-order valence-corrected chi connectivity index (χ0v) is 12.3. The number of nitrogens with zero attached hydrogens (tertiary/aromatic N) is 3. The average molecular weight is 274 g/mol. The van der Waals surface area contributed by atoms with Gasteiger partial charge in [-0.15, -0.1) is 0 Å². The van der Waals surface area contributed by atoms with Crippen LogP contribution in [0.4, 0.5) is 5.69 Å². The Hall–Kier alpha value is -2.04. The molecule has 0 amide bonds. The molecule has 1 aromatic carbocycles. The summed E-state index contributed by atoms with van der Waals surface area (Å²) in [5.74, 6) is 1.84. The van der Waals surface area contributed by atoms with E-state index in [9.17, 15) is 0 Å². The average Bonchev–Trinajstić information content (AvgIpc) is 2.92. The standard InChI is InChI=1S/C15H22N4O/c1-4-9-20-14-7-5-13(6-8-14)16-10-15-17-11-18-19(15)12(2)3/h5-8,11-12,16H,4,9-10H2,1-3H3. The van der Waals surface area contributed by atoms with Crippen LogP contribution in [0.5, 0.6) is 5.75 Å². The fraction of sp³-hybridized carbons (Fsp3) is 0.467. The highest BCUT2D eigenvalue weighted by atomic mass is 16.5. The van der Waals surface area contributed by atoms with Gasteiger partial charge in [-0.1, -0.05) is 6.92 Å². The van der Waals surface area contributed by atoms with Crippen LogP contribution >= 0.6 is 0 Å². The van der Waals surface area contributed by atoms with Crippen LogP contribution in [0.2, 0.25) is 0 Å². The number of benzene rings is 1. The van der Waals surface area contributed by atoms with E-state index in [4.69, 9.17) is 4.74 Å². The second-order valence-corrected chi connectivity index (χ2v) is 4.94. The number of ether oxygens (including phenoxy) is 1. The summed E-state index contributed by atoms with van der Waals surface area (Å²) in [6.07, 6.45) is 2.61. The van der Waals surface area contributed by atoms with Gasteiger partial charge in [0, 0.05) is 11.7 Å². The third-order valence-corrected chi connectivity index (χ3v) is 2.91. The molecule has 0 saturated carbocycles. The predicted molar refractivity (Wildman–Crippen MR) is 80.0 cm³/mol. The molecule has 0 aliphatic carbocycles. The van der Waals surface area contributed by atoms with Gasteiger partial charge < -0.3 is 10.1 Å². The number of aromatic nitrogens is 3. The lowest BCUT2D eigenvalue weighted by Gasteiger charge is -2.11. The maximum absolute atomic E-state index is 5.56. The molecule has 0 atom stereocenters. The van der Waals surface area contributed by atoms with Crippen molar-refractivity contribution in [3.05, 3.63) is 36.4 Å². The van der Waals surface area contributed by atoms with Crippen molar-refractivity contribution in [2.45, 2.75) is 39.8 Å². The fourth-order valence-corrected chi connectivity index (χ4v) is 1.90. The van der Waals surface area contributed by atoms with Crippen LogP contribution in [0.15, 0.2) is 30.6 Å². The highest BCUT2D eigenvalue weighted by Crippen LogP contribution is 2.16. The quantitative estimate of drug-likeness (QED) is 0.842. The summed E-state index contributed by atoms with van der Waals surface area (Å²) in [4.78, 5) is 4.28. The molecule has 20 heavy (non-hydrogen) atoms. The molecule has 5 nitrogen and oxygen atoms in total. The van der Waals surface area contributed by atoms with E-state index < -0.39 is 0 Å². The predicted octanol–water partition coefficient (Wildman–Crippen LogP) is 3.26. The molecule has 0 aliphatic rings. The zero-order chi connectivity index (χ0) is 14.4. The van der Waals surface area contributed by atoms with Crippen LogP contribution in [-0.4, -0.2) is 21.4 Å². The third kappa shape index (κ3) is 3.73. The summed E-state index contributed by atoms with van der Waals surface area (Å²) < 4.78 is 7.48. The van der Waals surface area contributed by atoms with Gasteiger partial charge in [-0.05, 0) is 44.5 Å². The van der Waals surface area contributed by atoms with Gasteiger partial charge >= 0.3 is 0 Å². The van der Waals surface area contributed by atoms with E-state index in [2.05, 4.69) is 36.2 Å². The Morgan fingerprint density at radius 1 is 1.25 bits per heavy atom. The first kappa shape index (κ1) is 14.4. The van der Waals surface area contributed by atoms with E-state index in [1.54, 1.807) is 6.33 Å². The Kier molecular flexibility index (Phi) is 4.98. The second-order valence-electron chi connectivity index (χ2n) is 4.94. The molecular formula is C15H22N4O. The number of rotatable bonds is 7. The second kappa shape index (κ2) is 6.93. The summed E-state index contributed by atoms with van der Waals surface area (Å²) in [6, 6.07) is 8.30. The van der Waals surface area contributed by atoms with E-state index in [1.807, 2.05) is 28.9 Å². The SMILES string of the molecule is CCCOc1ccc(NCc2ncnn2C(C)C)cc1. The van der Waals surface area contributed by atoms with E-state index in [1.165, 1.54) is 0 Å². The van der Waals surface area contributed by atoms with E-state index in [0.29, 0.717) is 12.6 Å². The molecule has 5 heteroatoms. The summed E-state index contributed by atoms with van der Waals surface area (Å²) in [6.45, 7) is 7.70. The van der Waals surface area contributed by atoms with E-state index >= 15 is 0 Å². The molecule has 2 aromatic rings. The minimum atomic E-state index is 0.319. The summed E-state index contributed by atoms with van der Waals surface area (Å²) in [5, 5.41) is 7.57. The van der Waals surface area contributed by atoms with Crippen LogP contribution < -0.4 is 10.1 Å². The first-order valence-electron chi connectivity index (χ1n) is 7.05. The van der Waals surface area contributed by atoms with Crippen LogP contribution in [0.25, 0.3) is 0 Å². The Bertz CT molecular complexity index is 519. The molecular weight excluding hydrogens is 252 g/mol. The normalized spacial score (nSPS) is 10.8. The molecule has 0 unspecified atom stereocenters.